The summed E-state index contributed by atoms with van der Waals surface area (Å²) in [6.07, 6.45) is 3.51. The molecule has 0 saturated carbocycles. The minimum absolute atomic E-state index is 0. The normalized spacial score (nSPS) is 11.0. The average molecular weight is 561 g/mol. The third-order valence-corrected chi connectivity index (χ3v) is 6.22. The number of fused-ring (bicyclic) bond motifs is 3. The largest absolute Gasteiger partial charge is 1.00 e. The summed E-state index contributed by atoms with van der Waals surface area (Å²) in [4.78, 5) is 0. The second-order valence-corrected chi connectivity index (χ2v) is 9.75. The standard InChI is InChI=1S/C17H17.C12H19.CH2.2ClH.Zr/c1-10-5-14-9-15-6-11(2)13(4)8-17(15)16(14)7-12(10)3;1-5-6-10-7-8-11(9-10)12(2,3)4;;;;/h5,7-8H,9H2,1-4H3;7-9H,5-6H2,1-4H3;1H2;2*1H;/q2*-1;;;;+2/p-2. The Labute approximate surface area is 230 Å². The van der Waals surface area contributed by atoms with Gasteiger partial charge in [-0.25, -0.2) is 6.07 Å². The van der Waals surface area contributed by atoms with Crippen molar-refractivity contribution in [2.75, 3.05) is 0 Å². The van der Waals surface area contributed by atoms with E-state index in [1.54, 1.807) is 0 Å². The van der Waals surface area contributed by atoms with E-state index in [-0.39, 0.29) is 24.8 Å². The van der Waals surface area contributed by atoms with E-state index < -0.39 is 0 Å². The average Bonchev–Trinajstić information content (AvgIpc) is 3.30. The van der Waals surface area contributed by atoms with E-state index >= 15 is 0 Å². The first-order valence-electron chi connectivity index (χ1n) is 11.3. The first-order valence-corrected chi connectivity index (χ1v) is 13.1. The molecule has 0 fully saturated rings. The Kier molecular flexibility index (Phi) is 13.5. The SMILES string of the molecule is CCCc1cc(C(C)(C)C)c[cH-]1.Cc1[c-]c2c(cc1C)-c1cc(C)c(C)cc1C2.[CH2]=[Zr+2].[Cl-].[Cl-]. The summed E-state index contributed by atoms with van der Waals surface area (Å²) in [5, 5.41) is 0. The first kappa shape index (κ1) is 32.1. The maximum atomic E-state index is 3.54. The van der Waals surface area contributed by atoms with E-state index in [9.17, 15) is 0 Å². The van der Waals surface area contributed by atoms with Gasteiger partial charge in [0.25, 0.3) is 0 Å². The van der Waals surface area contributed by atoms with Crippen LogP contribution in [0, 0.1) is 33.8 Å². The molecule has 1 aliphatic rings. The van der Waals surface area contributed by atoms with Crippen LogP contribution in [-0.2, 0) is 42.5 Å². The second-order valence-electron chi connectivity index (χ2n) is 9.75. The van der Waals surface area contributed by atoms with Gasteiger partial charge < -0.3 is 24.8 Å². The van der Waals surface area contributed by atoms with Crippen LogP contribution in [0.25, 0.3) is 11.1 Å². The molecule has 0 radical (unpaired) electrons. The Hall–Kier alpha value is -0.877. The van der Waals surface area contributed by atoms with Crippen LogP contribution in [0.15, 0.2) is 36.4 Å². The zero-order chi connectivity index (χ0) is 23.3. The summed E-state index contributed by atoms with van der Waals surface area (Å²) in [6, 6.07) is 17.4. The summed E-state index contributed by atoms with van der Waals surface area (Å²) in [5.74, 6) is 0. The monoisotopic (exact) mass is 558 g/mol. The van der Waals surface area contributed by atoms with Crippen LogP contribution in [0.1, 0.15) is 78.6 Å². The van der Waals surface area contributed by atoms with Gasteiger partial charge in [-0.1, -0.05) is 77.5 Å². The number of hydrogen-bond acceptors (Lipinski definition) is 0. The van der Waals surface area contributed by atoms with E-state index in [1.165, 1.54) is 92.7 Å². The van der Waals surface area contributed by atoms with Crippen molar-refractivity contribution in [1.29, 1.82) is 0 Å². The van der Waals surface area contributed by atoms with Crippen LogP contribution >= 0.6 is 0 Å². The molecule has 0 bridgehead atoms. The number of halogens is 2. The molecular weight excluding hydrogens is 522 g/mol. The molecule has 178 valence electrons. The Bertz CT molecular complexity index is 983. The zero-order valence-electron chi connectivity index (χ0n) is 21.5. The fraction of sp³-hybridized carbons (Fsp3) is 0.400. The van der Waals surface area contributed by atoms with E-state index in [1.807, 2.05) is 0 Å². The third-order valence-electron chi connectivity index (χ3n) is 6.22. The number of hydrogen-bond donors (Lipinski definition) is 0. The fourth-order valence-corrected chi connectivity index (χ4v) is 4.05. The topological polar surface area (TPSA) is 0 Å². The smallest absolute Gasteiger partial charge is 1.00 e. The molecule has 0 N–H and O–H groups in total. The van der Waals surface area contributed by atoms with Gasteiger partial charge in [0.2, 0.25) is 0 Å². The molecule has 1 aliphatic carbocycles. The Morgan fingerprint density at radius 2 is 1.48 bits per heavy atom. The van der Waals surface area contributed by atoms with Crippen molar-refractivity contribution >= 4 is 4.21 Å². The summed E-state index contributed by atoms with van der Waals surface area (Å²) in [6.45, 7) is 17.7. The van der Waals surface area contributed by atoms with E-state index in [4.69, 9.17) is 0 Å². The van der Waals surface area contributed by atoms with E-state index in [2.05, 4.69) is 102 Å². The Morgan fingerprint density at radius 1 is 0.909 bits per heavy atom. The molecular formula is C30H38Cl2Zr-2. The van der Waals surface area contributed by atoms with Gasteiger partial charge in [0.05, 0.1) is 0 Å². The van der Waals surface area contributed by atoms with Crippen molar-refractivity contribution in [2.45, 2.75) is 80.1 Å². The number of rotatable bonds is 2. The molecule has 0 spiro atoms. The van der Waals surface area contributed by atoms with Crippen molar-refractivity contribution in [3.05, 3.63) is 87.0 Å². The van der Waals surface area contributed by atoms with Crippen LogP contribution in [0.5, 0.6) is 0 Å². The van der Waals surface area contributed by atoms with Gasteiger partial charge in [0, 0.05) is 0 Å². The fourth-order valence-electron chi connectivity index (χ4n) is 4.05. The second kappa shape index (κ2) is 13.9. The minimum Gasteiger partial charge on any atom is -1.00 e. The van der Waals surface area contributed by atoms with Gasteiger partial charge in [-0.2, -0.15) is 46.5 Å². The molecule has 0 unspecified atom stereocenters. The van der Waals surface area contributed by atoms with Crippen molar-refractivity contribution < 1.29 is 49.0 Å². The summed E-state index contributed by atoms with van der Waals surface area (Å²) < 4.78 is 3.34. The Balaban J connectivity index is 0.000000573. The van der Waals surface area contributed by atoms with Gasteiger partial charge in [0.1, 0.15) is 0 Å². The molecule has 0 aliphatic heterocycles. The number of aryl methyl sites for hydroxylation is 5. The van der Waals surface area contributed by atoms with Crippen LogP contribution in [0.2, 0.25) is 0 Å². The molecule has 3 heteroatoms. The molecule has 3 aromatic rings. The number of benzene rings is 2. The van der Waals surface area contributed by atoms with Crippen molar-refractivity contribution in [1.82, 2.24) is 0 Å². The molecule has 0 amide bonds. The zero-order valence-corrected chi connectivity index (χ0v) is 25.5. The van der Waals surface area contributed by atoms with Gasteiger partial charge in [-0.15, -0.1) is 11.1 Å². The van der Waals surface area contributed by atoms with Crippen LogP contribution < -0.4 is 24.8 Å². The van der Waals surface area contributed by atoms with Gasteiger partial charge in [-0.3, -0.25) is 0 Å². The molecule has 0 heterocycles. The molecule has 0 aromatic heterocycles. The molecule has 4 rings (SSSR count). The Morgan fingerprint density at radius 3 is 2.03 bits per heavy atom. The summed E-state index contributed by atoms with van der Waals surface area (Å²) >= 11 is 1.30. The maximum absolute atomic E-state index is 3.54. The van der Waals surface area contributed by atoms with Crippen LogP contribution in [-0.4, -0.2) is 4.21 Å². The molecule has 33 heavy (non-hydrogen) atoms. The molecule has 3 aromatic carbocycles. The predicted molar refractivity (Wildman–Crippen MR) is 134 cm³/mol. The maximum Gasteiger partial charge on any atom is -1.00 e. The van der Waals surface area contributed by atoms with Gasteiger partial charge in [-0.05, 0) is 37.0 Å². The summed E-state index contributed by atoms with van der Waals surface area (Å²) in [5.41, 5.74) is 14.3. The van der Waals surface area contributed by atoms with Crippen LogP contribution in [0.3, 0.4) is 0 Å². The van der Waals surface area contributed by atoms with Crippen molar-refractivity contribution in [2.24, 2.45) is 0 Å². The van der Waals surface area contributed by atoms with E-state index in [0.717, 1.165) is 6.42 Å². The third kappa shape index (κ3) is 8.09. The van der Waals surface area contributed by atoms with E-state index in [0.29, 0.717) is 5.41 Å². The molecule has 0 atom stereocenters. The van der Waals surface area contributed by atoms with Gasteiger partial charge >= 0.3 is 28.4 Å². The van der Waals surface area contributed by atoms with Crippen molar-refractivity contribution in [3.8, 4) is 11.1 Å². The molecule has 0 saturated heterocycles. The van der Waals surface area contributed by atoms with Crippen molar-refractivity contribution in [3.63, 3.8) is 0 Å². The first-order chi connectivity index (χ1) is 14.6. The molecule has 0 nitrogen and oxygen atoms in total. The van der Waals surface area contributed by atoms with Gasteiger partial charge in [0.15, 0.2) is 0 Å². The predicted octanol–water partition coefficient (Wildman–Crippen LogP) is 1.92. The minimum atomic E-state index is 0. The summed E-state index contributed by atoms with van der Waals surface area (Å²) in [7, 11) is 0. The van der Waals surface area contributed by atoms with Crippen LogP contribution in [0.4, 0.5) is 0 Å². The quantitative estimate of drug-likeness (QED) is 0.329.